The number of hydrogen-bond donors (Lipinski definition) is 1. The first-order valence-electron chi connectivity index (χ1n) is 12.1. The summed E-state index contributed by atoms with van der Waals surface area (Å²) in [6.07, 6.45) is 7.55. The molecule has 0 aliphatic carbocycles. The van der Waals surface area contributed by atoms with Crippen molar-refractivity contribution in [2.45, 2.75) is 64.0 Å². The van der Waals surface area contributed by atoms with E-state index in [9.17, 15) is 9.59 Å². The van der Waals surface area contributed by atoms with Gasteiger partial charge < -0.3 is 15.0 Å². The number of nitrogens with zero attached hydrogens (tertiary/aromatic N) is 3. The van der Waals surface area contributed by atoms with E-state index in [4.69, 9.17) is 21.4 Å². The summed E-state index contributed by atoms with van der Waals surface area (Å²) in [6, 6.07) is 9.52. The first-order valence-corrected chi connectivity index (χ1v) is 12.5. The maximum atomic E-state index is 13.3. The molecule has 33 heavy (non-hydrogen) atoms. The van der Waals surface area contributed by atoms with Crippen molar-refractivity contribution in [1.82, 2.24) is 20.0 Å². The number of carbonyl (C=O) groups excluding carboxylic acids is 2. The molecule has 7 nitrogen and oxygen atoms in total. The summed E-state index contributed by atoms with van der Waals surface area (Å²) in [5, 5.41) is 8.81. The van der Waals surface area contributed by atoms with Crippen molar-refractivity contribution in [2.24, 2.45) is 0 Å². The van der Waals surface area contributed by atoms with Gasteiger partial charge in [-0.1, -0.05) is 56.3 Å². The molecule has 2 aliphatic rings. The molecule has 3 heterocycles. The highest BCUT2D eigenvalue weighted by Gasteiger charge is 2.34. The fourth-order valence-corrected chi connectivity index (χ4v) is 4.74. The van der Waals surface area contributed by atoms with Gasteiger partial charge in [0.25, 0.3) is 5.91 Å². The second-order valence-corrected chi connectivity index (χ2v) is 9.47. The van der Waals surface area contributed by atoms with Gasteiger partial charge in [-0.3, -0.25) is 14.3 Å². The summed E-state index contributed by atoms with van der Waals surface area (Å²) in [5.74, 6) is -0.531. The molecule has 8 heteroatoms. The van der Waals surface area contributed by atoms with Crippen LogP contribution in [0.1, 0.15) is 68.4 Å². The van der Waals surface area contributed by atoms with Gasteiger partial charge in [0.1, 0.15) is 18.8 Å². The number of esters is 1. The maximum Gasteiger partial charge on any atom is 0.325 e. The molecule has 0 spiro atoms. The molecule has 178 valence electrons. The number of piperidine rings is 1. The molecule has 2 aromatic rings. The van der Waals surface area contributed by atoms with Crippen LogP contribution in [0, 0.1) is 0 Å². The molecule has 1 aromatic carbocycles. The predicted octanol–water partition coefficient (Wildman–Crippen LogP) is 4.47. The van der Waals surface area contributed by atoms with E-state index in [1.807, 2.05) is 35.0 Å². The molecule has 0 radical (unpaired) electrons. The van der Waals surface area contributed by atoms with Gasteiger partial charge in [0.05, 0.1) is 11.7 Å². The van der Waals surface area contributed by atoms with E-state index >= 15 is 0 Å². The summed E-state index contributed by atoms with van der Waals surface area (Å²) >= 11 is 6.03. The molecule has 1 amide bonds. The Kier molecular flexibility index (Phi) is 8.04. The van der Waals surface area contributed by atoms with E-state index in [1.54, 1.807) is 4.90 Å². The summed E-state index contributed by atoms with van der Waals surface area (Å²) in [7, 11) is 0. The minimum atomic E-state index is -0.353. The van der Waals surface area contributed by atoms with Crippen LogP contribution >= 0.6 is 11.6 Å². The second kappa shape index (κ2) is 11.2. The van der Waals surface area contributed by atoms with Gasteiger partial charge in [-0.15, -0.1) is 0 Å². The molecular weight excluding hydrogens is 440 g/mol. The highest BCUT2D eigenvalue weighted by atomic mass is 35.5. The van der Waals surface area contributed by atoms with Crippen LogP contribution in [0.15, 0.2) is 30.3 Å². The molecule has 1 fully saturated rings. The van der Waals surface area contributed by atoms with Crippen molar-refractivity contribution < 1.29 is 14.3 Å². The third-order valence-electron chi connectivity index (χ3n) is 6.48. The molecule has 2 unspecified atom stereocenters. The summed E-state index contributed by atoms with van der Waals surface area (Å²) < 4.78 is 7.37. The van der Waals surface area contributed by atoms with Gasteiger partial charge in [-0.2, -0.15) is 5.10 Å². The molecule has 1 saturated heterocycles. The van der Waals surface area contributed by atoms with Crippen molar-refractivity contribution in [2.75, 3.05) is 26.2 Å². The number of unbranched alkanes of at least 4 members (excludes halogenated alkanes) is 2. The highest BCUT2D eigenvalue weighted by Crippen LogP contribution is 2.30. The normalized spacial score (nSPS) is 20.5. The average Bonchev–Trinajstić information content (AvgIpc) is 3.28. The molecule has 1 aromatic heterocycles. The van der Waals surface area contributed by atoms with Crippen LogP contribution in [-0.4, -0.2) is 58.8 Å². The Balaban J connectivity index is 1.48. The standard InChI is InChI=1S/C25H33ClN4O3/c1-2-3-4-8-21-15-29(16-24(31)33-17-20-7-5-6-13-27-20)25(32)23-14-22(28-30(21)23)18-9-11-19(26)12-10-18/h9-12,14,20-21,27H,2-8,13,15-17H2,1H3. The minimum Gasteiger partial charge on any atom is -0.463 e. The average molecular weight is 473 g/mol. The van der Waals surface area contributed by atoms with Crippen LogP contribution in [0.2, 0.25) is 5.02 Å². The molecular formula is C25H33ClN4O3. The number of rotatable bonds is 9. The van der Waals surface area contributed by atoms with Crippen LogP contribution in [0.3, 0.4) is 0 Å². The second-order valence-electron chi connectivity index (χ2n) is 9.03. The number of benzene rings is 1. The van der Waals surface area contributed by atoms with Gasteiger partial charge in [0.15, 0.2) is 0 Å². The lowest BCUT2D eigenvalue weighted by atomic mass is 10.0. The lowest BCUT2D eigenvalue weighted by Crippen LogP contribution is -2.46. The lowest BCUT2D eigenvalue weighted by Gasteiger charge is -2.33. The van der Waals surface area contributed by atoms with E-state index in [1.165, 1.54) is 0 Å². The molecule has 2 aliphatic heterocycles. The van der Waals surface area contributed by atoms with Crippen LogP contribution in [0.25, 0.3) is 11.3 Å². The predicted molar refractivity (Wildman–Crippen MR) is 128 cm³/mol. The number of nitrogens with one attached hydrogen (secondary N) is 1. The SMILES string of the molecule is CCCCCC1CN(CC(=O)OCC2CCCCN2)C(=O)c2cc(-c3ccc(Cl)cc3)nn21. The zero-order chi connectivity index (χ0) is 23.2. The number of carbonyl (C=O) groups is 2. The van der Waals surface area contributed by atoms with E-state index < -0.39 is 0 Å². The largest absolute Gasteiger partial charge is 0.463 e. The van der Waals surface area contributed by atoms with Crippen molar-refractivity contribution >= 4 is 23.5 Å². The molecule has 0 bridgehead atoms. The van der Waals surface area contributed by atoms with Gasteiger partial charge >= 0.3 is 5.97 Å². The topological polar surface area (TPSA) is 76.5 Å². The Bertz CT molecular complexity index is 953. The van der Waals surface area contributed by atoms with Gasteiger partial charge in [0, 0.05) is 23.2 Å². The number of amides is 1. The fourth-order valence-electron chi connectivity index (χ4n) is 4.61. The van der Waals surface area contributed by atoms with Crippen LogP contribution in [0.5, 0.6) is 0 Å². The molecule has 4 rings (SSSR count). The smallest absolute Gasteiger partial charge is 0.325 e. The number of aromatic nitrogens is 2. The first kappa shape index (κ1) is 23.8. The maximum absolute atomic E-state index is 13.3. The summed E-state index contributed by atoms with van der Waals surface area (Å²) in [5.41, 5.74) is 2.17. The van der Waals surface area contributed by atoms with Crippen molar-refractivity contribution in [3.63, 3.8) is 0 Å². The first-order chi connectivity index (χ1) is 16.0. The van der Waals surface area contributed by atoms with Crippen molar-refractivity contribution in [3.05, 3.63) is 41.0 Å². The van der Waals surface area contributed by atoms with Crippen LogP contribution < -0.4 is 5.32 Å². The minimum absolute atomic E-state index is 0.0305. The van der Waals surface area contributed by atoms with E-state index in [0.29, 0.717) is 23.9 Å². The van der Waals surface area contributed by atoms with Crippen LogP contribution in [0.4, 0.5) is 0 Å². The number of ether oxygens (including phenoxy) is 1. The summed E-state index contributed by atoms with van der Waals surface area (Å²) in [4.78, 5) is 27.4. The molecule has 0 saturated carbocycles. The Morgan fingerprint density at radius 1 is 1.24 bits per heavy atom. The molecule has 1 N–H and O–H groups in total. The third-order valence-corrected chi connectivity index (χ3v) is 6.73. The Hall–Kier alpha value is -2.38. The summed E-state index contributed by atoms with van der Waals surface area (Å²) in [6.45, 7) is 3.93. The Morgan fingerprint density at radius 3 is 2.79 bits per heavy atom. The van der Waals surface area contributed by atoms with E-state index in [-0.39, 0.29) is 30.5 Å². The molecule has 2 atom stereocenters. The number of fused-ring (bicyclic) bond motifs is 1. The number of halogens is 1. The van der Waals surface area contributed by atoms with E-state index in [2.05, 4.69) is 12.2 Å². The van der Waals surface area contributed by atoms with Crippen molar-refractivity contribution in [3.8, 4) is 11.3 Å². The third kappa shape index (κ3) is 5.95. The van der Waals surface area contributed by atoms with Gasteiger partial charge in [-0.05, 0) is 44.0 Å². The van der Waals surface area contributed by atoms with E-state index in [0.717, 1.165) is 62.7 Å². The van der Waals surface area contributed by atoms with Gasteiger partial charge in [0.2, 0.25) is 0 Å². The zero-order valence-corrected chi connectivity index (χ0v) is 20.0. The number of hydrogen-bond acceptors (Lipinski definition) is 5. The van der Waals surface area contributed by atoms with Gasteiger partial charge in [-0.25, -0.2) is 0 Å². The quantitative estimate of drug-likeness (QED) is 0.430. The van der Waals surface area contributed by atoms with Crippen molar-refractivity contribution in [1.29, 1.82) is 0 Å². The lowest BCUT2D eigenvalue weighted by molar-refractivity contribution is -0.145. The Labute approximate surface area is 200 Å². The highest BCUT2D eigenvalue weighted by molar-refractivity contribution is 6.30. The fraction of sp³-hybridized carbons (Fsp3) is 0.560. The van der Waals surface area contributed by atoms with Crippen LogP contribution in [-0.2, 0) is 9.53 Å². The Morgan fingerprint density at radius 2 is 2.06 bits per heavy atom. The monoisotopic (exact) mass is 472 g/mol. The zero-order valence-electron chi connectivity index (χ0n) is 19.3.